The van der Waals surface area contributed by atoms with Gasteiger partial charge in [-0.15, -0.1) is 0 Å². The van der Waals surface area contributed by atoms with Crippen molar-refractivity contribution in [1.82, 2.24) is 0 Å². The van der Waals surface area contributed by atoms with Crippen LogP contribution >= 0.6 is 0 Å². The number of hydrogen-bond donors (Lipinski definition) is 0. The highest BCUT2D eigenvalue weighted by molar-refractivity contribution is 7.90. The molecule has 0 rings (SSSR count). The molecular formula is C12H26O6S2. The molecule has 122 valence electrons. The van der Waals surface area contributed by atoms with Crippen molar-refractivity contribution in [2.45, 2.75) is 52.4 Å². The van der Waals surface area contributed by atoms with Crippen LogP contribution in [0.15, 0.2) is 0 Å². The Kier molecular flexibility index (Phi) is 10.4. The Bertz CT molecular complexity index is 385. The minimum absolute atomic E-state index is 0.105. The van der Waals surface area contributed by atoms with Gasteiger partial charge in [0.1, 0.15) is 0 Å². The van der Waals surface area contributed by atoms with Crippen molar-refractivity contribution in [1.29, 1.82) is 0 Å². The SMILES string of the molecule is CCCCCOS(=O)(=O)CCS(=O)(=O)OCCCCC. The van der Waals surface area contributed by atoms with E-state index in [4.69, 9.17) is 8.37 Å². The Labute approximate surface area is 123 Å². The maximum Gasteiger partial charge on any atom is 0.268 e. The minimum atomic E-state index is -3.79. The lowest BCUT2D eigenvalue weighted by Gasteiger charge is -2.07. The van der Waals surface area contributed by atoms with Crippen molar-refractivity contribution in [3.63, 3.8) is 0 Å². The number of rotatable bonds is 13. The molecule has 0 spiro atoms. The lowest BCUT2D eigenvalue weighted by Crippen LogP contribution is -2.21. The molecule has 0 heterocycles. The second kappa shape index (κ2) is 10.5. The third-order valence-electron chi connectivity index (χ3n) is 2.60. The Morgan fingerprint density at radius 2 is 1.00 bits per heavy atom. The molecule has 20 heavy (non-hydrogen) atoms. The van der Waals surface area contributed by atoms with Crippen molar-refractivity contribution in [2.75, 3.05) is 24.7 Å². The highest BCUT2D eigenvalue weighted by Gasteiger charge is 2.18. The third-order valence-corrected chi connectivity index (χ3v) is 5.32. The molecular weight excluding hydrogens is 304 g/mol. The van der Waals surface area contributed by atoms with Gasteiger partial charge in [0.05, 0.1) is 24.7 Å². The molecule has 0 atom stereocenters. The third kappa shape index (κ3) is 11.6. The van der Waals surface area contributed by atoms with Crippen molar-refractivity contribution in [3.05, 3.63) is 0 Å². The summed E-state index contributed by atoms with van der Waals surface area (Å²) in [5, 5.41) is 0. The Morgan fingerprint density at radius 1 is 0.650 bits per heavy atom. The van der Waals surface area contributed by atoms with Gasteiger partial charge in [-0.3, -0.25) is 8.37 Å². The van der Waals surface area contributed by atoms with E-state index in [1.54, 1.807) is 0 Å². The van der Waals surface area contributed by atoms with E-state index < -0.39 is 31.7 Å². The van der Waals surface area contributed by atoms with Crippen LogP contribution in [0.4, 0.5) is 0 Å². The average Bonchev–Trinajstić information content (AvgIpc) is 2.38. The molecule has 0 aromatic rings. The van der Waals surface area contributed by atoms with Gasteiger partial charge in [0.2, 0.25) is 0 Å². The highest BCUT2D eigenvalue weighted by Crippen LogP contribution is 2.04. The van der Waals surface area contributed by atoms with Crippen LogP contribution in [0.3, 0.4) is 0 Å². The summed E-state index contributed by atoms with van der Waals surface area (Å²) in [5.41, 5.74) is 0. The summed E-state index contributed by atoms with van der Waals surface area (Å²) < 4.78 is 55.3. The summed E-state index contributed by atoms with van der Waals surface area (Å²) in [6, 6.07) is 0. The van der Waals surface area contributed by atoms with E-state index in [0.717, 1.165) is 25.7 Å². The second-order valence-electron chi connectivity index (χ2n) is 4.58. The topological polar surface area (TPSA) is 86.7 Å². The molecule has 0 saturated heterocycles. The zero-order valence-corrected chi connectivity index (χ0v) is 14.0. The quantitative estimate of drug-likeness (QED) is 0.379. The summed E-state index contributed by atoms with van der Waals surface area (Å²) in [6.45, 7) is 4.20. The summed E-state index contributed by atoms with van der Waals surface area (Å²) in [6.07, 6.45) is 4.99. The second-order valence-corrected chi connectivity index (χ2v) is 8.10. The van der Waals surface area contributed by atoms with Gasteiger partial charge in [0, 0.05) is 0 Å². The molecule has 0 radical (unpaired) electrons. The number of hydrogen-bond acceptors (Lipinski definition) is 6. The predicted octanol–water partition coefficient (Wildman–Crippen LogP) is 2.06. The van der Waals surface area contributed by atoms with Gasteiger partial charge in [-0.25, -0.2) is 0 Å². The van der Waals surface area contributed by atoms with E-state index in [9.17, 15) is 16.8 Å². The van der Waals surface area contributed by atoms with E-state index in [2.05, 4.69) is 0 Å². The van der Waals surface area contributed by atoms with E-state index in [0.29, 0.717) is 12.8 Å². The zero-order chi connectivity index (χ0) is 15.5. The van der Waals surface area contributed by atoms with Crippen LogP contribution in [0.5, 0.6) is 0 Å². The average molecular weight is 330 g/mol. The number of unbranched alkanes of at least 4 members (excludes halogenated alkanes) is 4. The van der Waals surface area contributed by atoms with Crippen LogP contribution in [0.1, 0.15) is 52.4 Å². The molecule has 0 bridgehead atoms. The first-order valence-corrected chi connectivity index (χ1v) is 10.2. The lowest BCUT2D eigenvalue weighted by atomic mass is 10.3. The predicted molar refractivity (Wildman–Crippen MR) is 78.5 cm³/mol. The van der Waals surface area contributed by atoms with Gasteiger partial charge < -0.3 is 0 Å². The monoisotopic (exact) mass is 330 g/mol. The van der Waals surface area contributed by atoms with E-state index in [1.165, 1.54) is 0 Å². The Balaban J connectivity index is 3.98. The van der Waals surface area contributed by atoms with E-state index >= 15 is 0 Å². The van der Waals surface area contributed by atoms with Gasteiger partial charge in [-0.1, -0.05) is 39.5 Å². The first-order valence-electron chi connectivity index (χ1n) is 7.07. The smallest absolute Gasteiger partial charge is 0.268 e. The lowest BCUT2D eigenvalue weighted by molar-refractivity contribution is 0.302. The van der Waals surface area contributed by atoms with Gasteiger partial charge >= 0.3 is 0 Å². The van der Waals surface area contributed by atoms with Gasteiger partial charge in [0.15, 0.2) is 0 Å². The molecule has 0 aliphatic heterocycles. The van der Waals surface area contributed by atoms with Crippen molar-refractivity contribution in [3.8, 4) is 0 Å². The molecule has 0 aliphatic rings. The molecule has 0 saturated carbocycles. The van der Waals surface area contributed by atoms with Crippen LogP contribution in [-0.2, 0) is 28.6 Å². The molecule has 0 fully saturated rings. The van der Waals surface area contributed by atoms with Crippen molar-refractivity contribution >= 4 is 20.2 Å². The maximum absolute atomic E-state index is 11.5. The molecule has 0 aliphatic carbocycles. The van der Waals surface area contributed by atoms with Gasteiger partial charge in [0.25, 0.3) is 20.2 Å². The molecule has 0 aromatic heterocycles. The molecule has 0 amide bonds. The fraction of sp³-hybridized carbons (Fsp3) is 1.00. The van der Waals surface area contributed by atoms with Crippen LogP contribution in [-0.4, -0.2) is 41.6 Å². The fourth-order valence-electron chi connectivity index (χ4n) is 1.40. The minimum Gasteiger partial charge on any atom is -0.270 e. The van der Waals surface area contributed by atoms with Gasteiger partial charge in [-0.05, 0) is 12.8 Å². The fourth-order valence-corrected chi connectivity index (χ4v) is 4.01. The summed E-state index contributed by atoms with van der Waals surface area (Å²) in [7, 11) is -7.58. The molecule has 6 nitrogen and oxygen atoms in total. The summed E-state index contributed by atoms with van der Waals surface area (Å²) in [5.74, 6) is -1.12. The normalized spacial score (nSPS) is 12.7. The standard InChI is InChI=1S/C12H26O6S2/c1-3-5-7-9-17-19(13,14)11-12-20(15,16)18-10-8-6-4-2/h3-12H2,1-2H3. The van der Waals surface area contributed by atoms with E-state index in [1.807, 2.05) is 13.8 Å². The first kappa shape index (κ1) is 19.8. The van der Waals surface area contributed by atoms with Crippen LogP contribution < -0.4 is 0 Å². The molecule has 0 unspecified atom stereocenters. The Morgan fingerprint density at radius 3 is 1.30 bits per heavy atom. The van der Waals surface area contributed by atoms with Crippen LogP contribution in [0.2, 0.25) is 0 Å². The molecule has 8 heteroatoms. The largest absolute Gasteiger partial charge is 0.270 e. The highest BCUT2D eigenvalue weighted by atomic mass is 32.2. The zero-order valence-electron chi connectivity index (χ0n) is 12.3. The molecule has 0 N–H and O–H groups in total. The van der Waals surface area contributed by atoms with Crippen molar-refractivity contribution < 1.29 is 25.2 Å². The maximum atomic E-state index is 11.5. The first-order chi connectivity index (χ1) is 9.33. The van der Waals surface area contributed by atoms with Crippen LogP contribution in [0, 0.1) is 0 Å². The Hall–Kier alpha value is -0.180. The summed E-state index contributed by atoms with van der Waals surface area (Å²) >= 11 is 0. The van der Waals surface area contributed by atoms with E-state index in [-0.39, 0.29) is 13.2 Å². The van der Waals surface area contributed by atoms with Crippen LogP contribution in [0.25, 0.3) is 0 Å². The molecule has 0 aromatic carbocycles. The van der Waals surface area contributed by atoms with Crippen molar-refractivity contribution in [2.24, 2.45) is 0 Å². The summed E-state index contributed by atoms with van der Waals surface area (Å²) in [4.78, 5) is 0. The van der Waals surface area contributed by atoms with Gasteiger partial charge in [-0.2, -0.15) is 16.8 Å².